The highest BCUT2D eigenvalue weighted by Crippen LogP contribution is 2.23. The van der Waals surface area contributed by atoms with Crippen LogP contribution in [0.3, 0.4) is 0 Å². The van der Waals surface area contributed by atoms with Crippen LogP contribution in [0.25, 0.3) is 11.3 Å². The lowest BCUT2D eigenvalue weighted by atomic mass is 10.1. The number of benzene rings is 1. The lowest BCUT2D eigenvalue weighted by Gasteiger charge is -2.41. The minimum absolute atomic E-state index is 0.00903. The monoisotopic (exact) mass is 418 g/mol. The number of likely N-dealkylation sites (tertiary alicyclic amines) is 1. The van der Waals surface area contributed by atoms with Gasteiger partial charge in [-0.1, -0.05) is 0 Å². The van der Waals surface area contributed by atoms with E-state index >= 15 is 0 Å². The van der Waals surface area contributed by atoms with Gasteiger partial charge in [0.25, 0.3) is 5.91 Å². The van der Waals surface area contributed by atoms with Crippen molar-refractivity contribution in [3.05, 3.63) is 41.9 Å². The van der Waals surface area contributed by atoms with Gasteiger partial charge in [0, 0.05) is 24.7 Å². The van der Waals surface area contributed by atoms with Crippen molar-refractivity contribution in [1.82, 2.24) is 30.8 Å². The predicted octanol–water partition coefficient (Wildman–Crippen LogP) is 2.04. The van der Waals surface area contributed by atoms with Crippen LogP contribution in [0.2, 0.25) is 0 Å². The number of amides is 2. The Hall–Kier alpha value is -2.85. The Labute approximate surface area is 172 Å². The Morgan fingerprint density at radius 3 is 2.77 bits per heavy atom. The molecule has 2 unspecified atom stereocenters. The van der Waals surface area contributed by atoms with Crippen LogP contribution in [0.15, 0.2) is 24.4 Å². The van der Waals surface area contributed by atoms with Gasteiger partial charge < -0.3 is 9.88 Å². The molecule has 2 fully saturated rings. The van der Waals surface area contributed by atoms with Gasteiger partial charge in [-0.05, 0) is 38.3 Å². The van der Waals surface area contributed by atoms with Gasteiger partial charge in [0.05, 0.1) is 24.4 Å². The molecule has 4 rings (SSSR count). The summed E-state index contributed by atoms with van der Waals surface area (Å²) in [5.74, 6) is -1.08. The molecule has 1 aromatic carbocycles. The molecule has 2 aliphatic heterocycles. The molecule has 0 spiro atoms. The molecule has 10 heteroatoms. The number of hydrogen-bond donors (Lipinski definition) is 3. The first-order valence-electron chi connectivity index (χ1n) is 10.1. The molecule has 0 aliphatic carbocycles. The highest BCUT2D eigenvalue weighted by molar-refractivity contribution is 5.91. The van der Waals surface area contributed by atoms with Crippen LogP contribution >= 0.6 is 0 Å². The number of aromatic nitrogens is 2. The molecule has 1 aromatic heterocycles. The zero-order valence-corrected chi connectivity index (χ0v) is 16.6. The average molecular weight is 418 g/mol. The van der Waals surface area contributed by atoms with Crippen molar-refractivity contribution in [2.45, 2.75) is 44.7 Å². The van der Waals surface area contributed by atoms with E-state index in [1.54, 1.807) is 6.92 Å². The van der Waals surface area contributed by atoms with Crippen LogP contribution in [0, 0.1) is 11.6 Å². The molecular formula is C20H24F2N6O2. The van der Waals surface area contributed by atoms with Crippen LogP contribution in [0.1, 0.15) is 44.5 Å². The zero-order valence-electron chi connectivity index (χ0n) is 16.6. The van der Waals surface area contributed by atoms with Crippen LogP contribution in [0.5, 0.6) is 0 Å². The maximum absolute atomic E-state index is 14.0. The summed E-state index contributed by atoms with van der Waals surface area (Å²) in [6.45, 7) is 3.30. The third kappa shape index (κ3) is 4.19. The van der Waals surface area contributed by atoms with Gasteiger partial charge in [-0.15, -0.1) is 0 Å². The van der Waals surface area contributed by atoms with Crippen LogP contribution in [-0.2, 0) is 9.59 Å². The smallest absolute Gasteiger partial charge is 0.271 e. The van der Waals surface area contributed by atoms with Gasteiger partial charge in [0.15, 0.2) is 0 Å². The number of rotatable bonds is 6. The average Bonchev–Trinajstić information content (AvgIpc) is 3.23. The molecule has 8 nitrogen and oxygen atoms in total. The number of halogens is 2. The lowest BCUT2D eigenvalue weighted by Crippen LogP contribution is -2.72. The summed E-state index contributed by atoms with van der Waals surface area (Å²) in [5, 5.41) is 1.24. The maximum atomic E-state index is 14.0. The highest BCUT2D eigenvalue weighted by Gasteiger charge is 2.39. The number of carbonyl (C=O) groups is 2. The van der Waals surface area contributed by atoms with E-state index in [0.717, 1.165) is 38.4 Å². The molecule has 2 amide bonds. The fourth-order valence-electron chi connectivity index (χ4n) is 3.70. The first kappa shape index (κ1) is 20.4. The molecule has 2 aliphatic rings. The van der Waals surface area contributed by atoms with Crippen molar-refractivity contribution < 1.29 is 18.4 Å². The number of aromatic amines is 1. The molecular weight excluding hydrogens is 394 g/mol. The SMILES string of the molecule is CC(NN1NC(CC(=O)N2CCCCC2)C1=O)c1ncc(-c2ccc(F)cc2F)[nH]1. The van der Waals surface area contributed by atoms with Gasteiger partial charge in [-0.2, -0.15) is 0 Å². The van der Waals surface area contributed by atoms with Crippen molar-refractivity contribution in [3.63, 3.8) is 0 Å². The molecule has 160 valence electrons. The van der Waals surface area contributed by atoms with E-state index < -0.39 is 23.7 Å². The second kappa shape index (κ2) is 8.49. The highest BCUT2D eigenvalue weighted by atomic mass is 19.1. The Morgan fingerprint density at radius 1 is 1.30 bits per heavy atom. The Morgan fingerprint density at radius 2 is 2.07 bits per heavy atom. The van der Waals surface area contributed by atoms with Crippen LogP contribution in [0.4, 0.5) is 8.78 Å². The summed E-state index contributed by atoms with van der Waals surface area (Å²) in [6, 6.07) is 2.39. The molecule has 3 heterocycles. The predicted molar refractivity (Wildman–Crippen MR) is 104 cm³/mol. The van der Waals surface area contributed by atoms with Crippen molar-refractivity contribution in [3.8, 4) is 11.3 Å². The molecule has 2 aromatic rings. The van der Waals surface area contributed by atoms with Crippen molar-refractivity contribution in [2.24, 2.45) is 0 Å². The molecule has 0 bridgehead atoms. The standard InChI is InChI=1S/C20H24F2N6O2/c1-12(19-23-11-17(24-19)14-6-5-13(21)9-15(14)22)25-28-20(30)16(26-28)10-18(29)27-7-3-2-4-8-27/h5-6,9,11-12,16,25-26H,2-4,7-8,10H2,1H3,(H,23,24). The Balaban J connectivity index is 1.31. The number of hydrazine groups is 2. The Bertz CT molecular complexity index is 943. The maximum Gasteiger partial charge on any atom is 0.271 e. The van der Waals surface area contributed by atoms with E-state index in [-0.39, 0.29) is 23.8 Å². The van der Waals surface area contributed by atoms with Gasteiger partial charge in [-0.3, -0.25) is 9.59 Å². The summed E-state index contributed by atoms with van der Waals surface area (Å²) >= 11 is 0. The van der Waals surface area contributed by atoms with E-state index in [9.17, 15) is 18.4 Å². The van der Waals surface area contributed by atoms with E-state index in [1.807, 2.05) is 4.90 Å². The summed E-state index contributed by atoms with van der Waals surface area (Å²) in [4.78, 5) is 33.7. The fraction of sp³-hybridized carbons (Fsp3) is 0.450. The molecule has 2 saturated heterocycles. The van der Waals surface area contributed by atoms with Crippen molar-refractivity contribution >= 4 is 11.8 Å². The number of piperidine rings is 1. The van der Waals surface area contributed by atoms with E-state index in [4.69, 9.17) is 0 Å². The van der Waals surface area contributed by atoms with Gasteiger partial charge in [0.2, 0.25) is 5.91 Å². The number of H-pyrrole nitrogens is 1. The van der Waals surface area contributed by atoms with Crippen molar-refractivity contribution in [2.75, 3.05) is 13.1 Å². The molecule has 3 N–H and O–H groups in total. The number of nitrogens with zero attached hydrogens (tertiary/aromatic N) is 3. The summed E-state index contributed by atoms with van der Waals surface area (Å²) in [7, 11) is 0. The second-order valence-corrected chi connectivity index (χ2v) is 7.66. The summed E-state index contributed by atoms with van der Waals surface area (Å²) in [5.41, 5.74) is 6.50. The number of carbonyl (C=O) groups excluding carboxylic acids is 2. The van der Waals surface area contributed by atoms with Crippen LogP contribution < -0.4 is 10.9 Å². The van der Waals surface area contributed by atoms with Gasteiger partial charge >= 0.3 is 0 Å². The largest absolute Gasteiger partial charge is 0.343 e. The normalized spacial score (nSPS) is 20.2. The Kier molecular flexibility index (Phi) is 5.78. The molecule has 2 atom stereocenters. The van der Waals surface area contributed by atoms with E-state index in [1.165, 1.54) is 23.4 Å². The topological polar surface area (TPSA) is 93.4 Å². The second-order valence-electron chi connectivity index (χ2n) is 7.66. The zero-order chi connectivity index (χ0) is 21.3. The fourth-order valence-corrected chi connectivity index (χ4v) is 3.70. The first-order valence-corrected chi connectivity index (χ1v) is 10.1. The number of imidazole rings is 1. The number of nitrogens with one attached hydrogen (secondary N) is 3. The number of hydrogen-bond acceptors (Lipinski definition) is 5. The molecule has 30 heavy (non-hydrogen) atoms. The molecule has 0 saturated carbocycles. The molecule has 0 radical (unpaired) electrons. The minimum Gasteiger partial charge on any atom is -0.343 e. The minimum atomic E-state index is -0.688. The van der Waals surface area contributed by atoms with E-state index in [2.05, 4.69) is 20.8 Å². The lowest BCUT2D eigenvalue weighted by molar-refractivity contribution is -0.163. The van der Waals surface area contributed by atoms with Crippen LogP contribution in [-0.4, -0.2) is 50.9 Å². The first-order chi connectivity index (χ1) is 14.4. The summed E-state index contributed by atoms with van der Waals surface area (Å²) < 4.78 is 27.1. The quantitative estimate of drug-likeness (QED) is 0.668. The van der Waals surface area contributed by atoms with Crippen molar-refractivity contribution in [1.29, 1.82) is 0 Å². The van der Waals surface area contributed by atoms with E-state index in [0.29, 0.717) is 11.5 Å². The third-order valence-electron chi connectivity index (χ3n) is 5.44. The van der Waals surface area contributed by atoms with Gasteiger partial charge in [-0.25, -0.2) is 29.7 Å². The van der Waals surface area contributed by atoms with Gasteiger partial charge in [0.1, 0.15) is 23.5 Å². The third-order valence-corrected chi connectivity index (χ3v) is 5.44. The summed E-state index contributed by atoms with van der Waals surface area (Å²) in [6.07, 6.45) is 4.75.